The molecule has 0 aliphatic rings. The van der Waals surface area contributed by atoms with Gasteiger partial charge in [0.1, 0.15) is 16.7 Å². The fraction of sp³-hybridized carbons (Fsp3) is 0.278. The van der Waals surface area contributed by atoms with Gasteiger partial charge in [-0.2, -0.15) is 0 Å². The molecule has 0 unspecified atom stereocenters. The average Bonchev–Trinajstić information content (AvgIpc) is 3.00. The van der Waals surface area contributed by atoms with Crippen molar-refractivity contribution in [2.75, 3.05) is 6.61 Å². The number of benzene rings is 1. The predicted octanol–water partition coefficient (Wildman–Crippen LogP) is 3.56. The Morgan fingerprint density at radius 1 is 1.33 bits per heavy atom. The van der Waals surface area contributed by atoms with Gasteiger partial charge in [0.05, 0.1) is 12.0 Å². The lowest BCUT2D eigenvalue weighted by Crippen LogP contribution is -2.31. The molecule has 0 spiro atoms. The lowest BCUT2D eigenvalue weighted by Gasteiger charge is -2.15. The summed E-state index contributed by atoms with van der Waals surface area (Å²) in [7, 11) is 0. The monoisotopic (exact) mass is 342 g/mol. The zero-order valence-electron chi connectivity index (χ0n) is 13.8. The number of aryl methyl sites for hydroxylation is 1. The first-order valence-corrected chi connectivity index (χ1v) is 8.59. The third-order valence-corrected chi connectivity index (χ3v) is 4.92. The van der Waals surface area contributed by atoms with Crippen LogP contribution in [0.25, 0.3) is 20.7 Å². The molecule has 0 saturated heterocycles. The summed E-state index contributed by atoms with van der Waals surface area (Å²) in [5.74, 6) is 0.0804. The molecule has 0 fully saturated rings. The van der Waals surface area contributed by atoms with Crippen LogP contribution in [-0.4, -0.2) is 22.1 Å². The predicted molar refractivity (Wildman–Crippen MR) is 95.4 cm³/mol. The van der Waals surface area contributed by atoms with Crippen LogP contribution in [0.3, 0.4) is 0 Å². The second-order valence-electron chi connectivity index (χ2n) is 5.46. The summed E-state index contributed by atoms with van der Waals surface area (Å²) in [6.45, 7) is 5.42. The Balaban J connectivity index is 2.13. The van der Waals surface area contributed by atoms with Crippen LogP contribution in [0, 0.1) is 6.92 Å². The van der Waals surface area contributed by atoms with Crippen LogP contribution in [0.2, 0.25) is 0 Å². The Morgan fingerprint density at radius 3 is 2.71 bits per heavy atom. The molecule has 24 heavy (non-hydrogen) atoms. The second kappa shape index (κ2) is 6.57. The van der Waals surface area contributed by atoms with Crippen LogP contribution < -0.4 is 5.56 Å². The maximum atomic E-state index is 12.9. The van der Waals surface area contributed by atoms with E-state index in [1.54, 1.807) is 20.8 Å². The van der Waals surface area contributed by atoms with E-state index in [2.05, 4.69) is 4.98 Å². The van der Waals surface area contributed by atoms with Crippen molar-refractivity contribution >= 4 is 27.5 Å². The molecule has 6 heteroatoms. The number of carbonyl (C=O) groups excluding carboxylic acids is 1. The highest BCUT2D eigenvalue weighted by Crippen LogP contribution is 2.31. The van der Waals surface area contributed by atoms with E-state index in [9.17, 15) is 9.59 Å². The van der Waals surface area contributed by atoms with Crippen LogP contribution in [0.5, 0.6) is 0 Å². The summed E-state index contributed by atoms with van der Waals surface area (Å²) >= 11 is 1.48. The maximum absolute atomic E-state index is 12.9. The number of hydrogen-bond donors (Lipinski definition) is 0. The first-order chi connectivity index (χ1) is 11.5. The normalized spacial score (nSPS) is 12.3. The van der Waals surface area contributed by atoms with Gasteiger partial charge < -0.3 is 4.74 Å². The molecule has 5 nitrogen and oxygen atoms in total. The third-order valence-electron chi connectivity index (χ3n) is 3.85. The molecule has 2 aromatic heterocycles. The summed E-state index contributed by atoms with van der Waals surface area (Å²) in [4.78, 5) is 31.1. The Hall–Kier alpha value is -2.47. The van der Waals surface area contributed by atoms with Crippen LogP contribution >= 0.6 is 11.3 Å². The van der Waals surface area contributed by atoms with E-state index < -0.39 is 12.0 Å². The van der Waals surface area contributed by atoms with Gasteiger partial charge in [-0.3, -0.25) is 9.36 Å². The van der Waals surface area contributed by atoms with E-state index in [1.807, 2.05) is 36.4 Å². The van der Waals surface area contributed by atoms with Crippen molar-refractivity contribution in [2.24, 2.45) is 0 Å². The molecular formula is C18H18N2O3S. The highest BCUT2D eigenvalue weighted by atomic mass is 32.1. The number of carbonyl (C=O) groups is 1. The van der Waals surface area contributed by atoms with E-state index in [-0.39, 0.29) is 12.2 Å². The fourth-order valence-corrected chi connectivity index (χ4v) is 3.74. The van der Waals surface area contributed by atoms with Crippen molar-refractivity contribution in [3.05, 3.63) is 52.6 Å². The van der Waals surface area contributed by atoms with Crippen LogP contribution in [0.4, 0.5) is 0 Å². The number of nitrogens with zero attached hydrogens (tertiary/aromatic N) is 2. The third kappa shape index (κ3) is 2.85. The van der Waals surface area contributed by atoms with Gasteiger partial charge in [-0.25, -0.2) is 9.78 Å². The second-order valence-corrected chi connectivity index (χ2v) is 6.49. The van der Waals surface area contributed by atoms with E-state index in [4.69, 9.17) is 4.74 Å². The quantitative estimate of drug-likeness (QED) is 0.680. The van der Waals surface area contributed by atoms with Crippen molar-refractivity contribution in [1.82, 2.24) is 9.55 Å². The number of hydrogen-bond acceptors (Lipinski definition) is 5. The zero-order chi connectivity index (χ0) is 17.3. The molecular weight excluding hydrogens is 324 g/mol. The molecule has 2 heterocycles. The van der Waals surface area contributed by atoms with Gasteiger partial charge in [-0.15, -0.1) is 11.3 Å². The summed E-state index contributed by atoms with van der Waals surface area (Å²) in [5, 5.41) is 0.528. The van der Waals surface area contributed by atoms with Gasteiger partial charge in [0.2, 0.25) is 0 Å². The molecule has 1 aromatic carbocycles. The molecule has 0 aliphatic heterocycles. The van der Waals surface area contributed by atoms with Crippen molar-refractivity contribution in [1.29, 1.82) is 0 Å². The van der Waals surface area contributed by atoms with Crippen LogP contribution in [-0.2, 0) is 9.53 Å². The Labute approximate surface area is 143 Å². The van der Waals surface area contributed by atoms with E-state index in [0.29, 0.717) is 16.0 Å². The van der Waals surface area contributed by atoms with E-state index >= 15 is 0 Å². The average molecular weight is 342 g/mol. The smallest absolute Gasteiger partial charge is 0.329 e. The first-order valence-electron chi connectivity index (χ1n) is 7.77. The lowest BCUT2D eigenvalue weighted by atomic mass is 10.2. The number of esters is 1. The van der Waals surface area contributed by atoms with Crippen molar-refractivity contribution < 1.29 is 9.53 Å². The molecule has 0 radical (unpaired) electrons. The van der Waals surface area contributed by atoms with E-state index in [1.165, 1.54) is 15.9 Å². The van der Waals surface area contributed by atoms with Gasteiger partial charge in [0.15, 0.2) is 0 Å². The van der Waals surface area contributed by atoms with E-state index in [0.717, 1.165) is 10.4 Å². The zero-order valence-corrected chi connectivity index (χ0v) is 14.6. The largest absolute Gasteiger partial charge is 0.464 e. The van der Waals surface area contributed by atoms with Gasteiger partial charge in [-0.05, 0) is 32.4 Å². The molecule has 1 atom stereocenters. The minimum atomic E-state index is -0.700. The van der Waals surface area contributed by atoms with Gasteiger partial charge in [-0.1, -0.05) is 30.3 Å². The molecule has 0 aliphatic carbocycles. The Morgan fingerprint density at radius 2 is 2.04 bits per heavy atom. The standard InChI is InChI=1S/C18H18N2O3S/c1-4-23-18(22)11(2)20-12(3)19-16-14(17(20)21)10-15(24-16)13-8-6-5-7-9-13/h5-11H,4H2,1-3H3/t11-/m1/s1. The molecule has 0 bridgehead atoms. The number of aromatic nitrogens is 2. The number of ether oxygens (including phenoxy) is 1. The minimum absolute atomic E-state index is 0.212. The van der Waals surface area contributed by atoms with Crippen molar-refractivity contribution in [3.63, 3.8) is 0 Å². The summed E-state index contributed by atoms with van der Waals surface area (Å²) in [5.41, 5.74) is 0.832. The number of fused-ring (bicyclic) bond motifs is 1. The highest BCUT2D eigenvalue weighted by Gasteiger charge is 2.22. The summed E-state index contributed by atoms with van der Waals surface area (Å²) in [6.07, 6.45) is 0. The highest BCUT2D eigenvalue weighted by molar-refractivity contribution is 7.21. The molecule has 3 rings (SSSR count). The van der Waals surface area contributed by atoms with Gasteiger partial charge >= 0.3 is 5.97 Å². The Kier molecular flexibility index (Phi) is 4.49. The van der Waals surface area contributed by atoms with Crippen LogP contribution in [0.1, 0.15) is 25.7 Å². The van der Waals surface area contributed by atoms with Gasteiger partial charge in [0.25, 0.3) is 5.56 Å². The Bertz CT molecular complexity index is 944. The number of thiophene rings is 1. The van der Waals surface area contributed by atoms with Crippen molar-refractivity contribution in [3.8, 4) is 10.4 Å². The topological polar surface area (TPSA) is 61.2 Å². The molecule has 3 aromatic rings. The SMILES string of the molecule is CCOC(=O)[C@@H](C)n1c(C)nc2sc(-c3ccccc3)cc2c1=O. The number of rotatable bonds is 4. The molecule has 0 amide bonds. The first kappa shape index (κ1) is 16.4. The molecule has 124 valence electrons. The van der Waals surface area contributed by atoms with Crippen molar-refractivity contribution in [2.45, 2.75) is 26.8 Å². The van der Waals surface area contributed by atoms with Gasteiger partial charge in [0, 0.05) is 4.88 Å². The molecule has 0 N–H and O–H groups in total. The molecule has 0 saturated carbocycles. The minimum Gasteiger partial charge on any atom is -0.464 e. The summed E-state index contributed by atoms with van der Waals surface area (Å²) in [6, 6.07) is 11.0. The maximum Gasteiger partial charge on any atom is 0.329 e. The fourth-order valence-electron chi connectivity index (χ4n) is 2.66. The van der Waals surface area contributed by atoms with Crippen LogP contribution in [0.15, 0.2) is 41.2 Å². The summed E-state index contributed by atoms with van der Waals surface area (Å²) < 4.78 is 6.44. The lowest BCUT2D eigenvalue weighted by molar-refractivity contribution is -0.146.